The van der Waals surface area contributed by atoms with Gasteiger partial charge >= 0.3 is 0 Å². The van der Waals surface area contributed by atoms with E-state index in [1.54, 1.807) is 25.3 Å². The van der Waals surface area contributed by atoms with Crippen molar-refractivity contribution in [2.45, 2.75) is 26.2 Å². The van der Waals surface area contributed by atoms with Gasteiger partial charge in [0.25, 0.3) is 11.8 Å². The molecule has 0 bridgehead atoms. The van der Waals surface area contributed by atoms with Gasteiger partial charge in [-0.25, -0.2) is 4.90 Å². The summed E-state index contributed by atoms with van der Waals surface area (Å²) in [5.41, 5.74) is 2.82. The number of aryl methyl sites for hydroxylation is 1. The van der Waals surface area contributed by atoms with E-state index < -0.39 is 0 Å². The maximum atomic E-state index is 13.6. The number of piperidine rings is 1. The van der Waals surface area contributed by atoms with Crippen LogP contribution in [0.2, 0.25) is 5.02 Å². The first-order chi connectivity index (χ1) is 14.0. The van der Waals surface area contributed by atoms with Gasteiger partial charge in [0.05, 0.1) is 18.4 Å². The van der Waals surface area contributed by atoms with E-state index in [4.69, 9.17) is 16.3 Å². The molecule has 0 radical (unpaired) electrons. The average Bonchev–Trinajstić information content (AvgIpc) is 3.00. The Balaban J connectivity index is 1.89. The molecule has 0 N–H and O–H groups in total. The van der Waals surface area contributed by atoms with Gasteiger partial charge in [-0.15, -0.1) is 0 Å². The highest BCUT2D eigenvalue weighted by molar-refractivity contribution is 6.46. The Labute approximate surface area is 175 Å². The predicted molar refractivity (Wildman–Crippen MR) is 114 cm³/mol. The summed E-state index contributed by atoms with van der Waals surface area (Å²) in [5, 5.41) is 0.483. The van der Waals surface area contributed by atoms with E-state index in [1.165, 1.54) is 4.90 Å². The Morgan fingerprint density at radius 1 is 0.966 bits per heavy atom. The molecule has 1 saturated heterocycles. The molecule has 2 aliphatic heterocycles. The third-order valence-corrected chi connectivity index (χ3v) is 5.76. The maximum absolute atomic E-state index is 13.6. The molecular weight excluding hydrogens is 388 g/mol. The van der Waals surface area contributed by atoms with Crippen molar-refractivity contribution < 1.29 is 14.3 Å². The number of carbonyl (C=O) groups excluding carboxylic acids is 2. The highest BCUT2D eigenvalue weighted by Gasteiger charge is 2.44. The number of halogens is 1. The van der Waals surface area contributed by atoms with Crippen LogP contribution in [0.1, 0.15) is 30.4 Å². The molecule has 0 aliphatic carbocycles. The molecule has 1 fully saturated rings. The Hall–Kier alpha value is -2.79. The van der Waals surface area contributed by atoms with Gasteiger partial charge in [-0.05, 0) is 49.9 Å². The zero-order chi connectivity index (χ0) is 20.5. The van der Waals surface area contributed by atoms with Gasteiger partial charge in [0, 0.05) is 23.7 Å². The van der Waals surface area contributed by atoms with Crippen LogP contribution in [-0.2, 0) is 9.59 Å². The molecule has 150 valence electrons. The molecule has 5 nitrogen and oxygen atoms in total. The highest BCUT2D eigenvalue weighted by Crippen LogP contribution is 2.40. The summed E-state index contributed by atoms with van der Waals surface area (Å²) in [7, 11) is 1.57. The number of benzene rings is 2. The van der Waals surface area contributed by atoms with Crippen LogP contribution in [0.4, 0.5) is 5.69 Å². The van der Waals surface area contributed by atoms with Gasteiger partial charge in [0.1, 0.15) is 11.4 Å². The standard InChI is InChI=1S/C23H23ClN2O3/c1-15-10-11-16(24)14-18(15)26-22(27)20(17-8-4-5-9-19(17)29-2)21(23(26)28)25-12-6-3-7-13-25/h4-5,8-11,14H,3,6-7,12-13H2,1-2H3. The van der Waals surface area contributed by atoms with Crippen molar-refractivity contribution in [1.29, 1.82) is 0 Å². The Morgan fingerprint density at radius 2 is 1.69 bits per heavy atom. The van der Waals surface area contributed by atoms with Crippen molar-refractivity contribution in [1.82, 2.24) is 4.90 Å². The highest BCUT2D eigenvalue weighted by atomic mass is 35.5. The Bertz CT molecular complexity index is 1010. The van der Waals surface area contributed by atoms with Gasteiger partial charge in [0.15, 0.2) is 0 Å². The number of hydrogen-bond donors (Lipinski definition) is 0. The summed E-state index contributed by atoms with van der Waals surface area (Å²) < 4.78 is 5.50. The lowest BCUT2D eigenvalue weighted by Gasteiger charge is -2.30. The summed E-state index contributed by atoms with van der Waals surface area (Å²) in [5.74, 6) is -0.0727. The first-order valence-electron chi connectivity index (χ1n) is 9.80. The number of carbonyl (C=O) groups is 2. The van der Waals surface area contributed by atoms with E-state index in [0.717, 1.165) is 37.9 Å². The number of rotatable bonds is 4. The van der Waals surface area contributed by atoms with Crippen LogP contribution in [0.15, 0.2) is 48.2 Å². The number of anilines is 1. The molecule has 2 aliphatic rings. The Morgan fingerprint density at radius 3 is 2.41 bits per heavy atom. The molecule has 0 unspecified atom stereocenters. The summed E-state index contributed by atoms with van der Waals surface area (Å²) in [6.45, 7) is 3.39. The van der Waals surface area contributed by atoms with Gasteiger partial charge in [-0.2, -0.15) is 0 Å². The van der Waals surface area contributed by atoms with Crippen molar-refractivity contribution in [3.05, 3.63) is 64.3 Å². The lowest BCUT2D eigenvalue weighted by atomic mass is 10.0. The molecule has 2 aromatic rings. The first-order valence-corrected chi connectivity index (χ1v) is 10.2. The molecule has 2 aromatic carbocycles. The second-order valence-electron chi connectivity index (χ2n) is 7.35. The molecule has 0 aromatic heterocycles. The second kappa shape index (κ2) is 7.91. The van der Waals surface area contributed by atoms with E-state index in [2.05, 4.69) is 0 Å². The fourth-order valence-corrected chi connectivity index (χ4v) is 4.23. The van der Waals surface area contributed by atoms with Crippen LogP contribution in [0.5, 0.6) is 5.75 Å². The fraction of sp³-hybridized carbons (Fsp3) is 0.304. The summed E-state index contributed by atoms with van der Waals surface area (Å²) in [4.78, 5) is 30.5. The summed E-state index contributed by atoms with van der Waals surface area (Å²) in [6, 6.07) is 12.6. The fourth-order valence-electron chi connectivity index (χ4n) is 4.07. The van der Waals surface area contributed by atoms with Crippen molar-refractivity contribution in [3.8, 4) is 5.75 Å². The lowest BCUT2D eigenvalue weighted by molar-refractivity contribution is -0.120. The van der Waals surface area contributed by atoms with Crippen LogP contribution >= 0.6 is 11.6 Å². The van der Waals surface area contributed by atoms with Crippen LogP contribution < -0.4 is 9.64 Å². The number of likely N-dealkylation sites (tertiary alicyclic amines) is 1. The van der Waals surface area contributed by atoms with E-state index in [9.17, 15) is 9.59 Å². The molecule has 0 spiro atoms. The van der Waals surface area contributed by atoms with E-state index in [0.29, 0.717) is 33.3 Å². The first kappa shape index (κ1) is 19.5. The molecule has 4 rings (SSSR count). The number of amides is 2. The zero-order valence-electron chi connectivity index (χ0n) is 16.6. The average molecular weight is 411 g/mol. The quantitative estimate of drug-likeness (QED) is 0.700. The second-order valence-corrected chi connectivity index (χ2v) is 7.78. The molecule has 2 amide bonds. The van der Waals surface area contributed by atoms with Gasteiger partial charge in [-0.1, -0.05) is 35.9 Å². The van der Waals surface area contributed by atoms with Crippen molar-refractivity contribution in [3.63, 3.8) is 0 Å². The predicted octanol–water partition coefficient (Wildman–Crippen LogP) is 4.43. The van der Waals surface area contributed by atoms with Crippen LogP contribution in [0.25, 0.3) is 5.57 Å². The zero-order valence-corrected chi connectivity index (χ0v) is 17.3. The van der Waals surface area contributed by atoms with Crippen molar-refractivity contribution >= 4 is 34.7 Å². The minimum Gasteiger partial charge on any atom is -0.496 e. The largest absolute Gasteiger partial charge is 0.496 e. The monoisotopic (exact) mass is 410 g/mol. The maximum Gasteiger partial charge on any atom is 0.282 e. The van der Waals surface area contributed by atoms with E-state index in [1.807, 2.05) is 36.1 Å². The van der Waals surface area contributed by atoms with Crippen molar-refractivity contribution in [2.24, 2.45) is 0 Å². The molecule has 2 heterocycles. The van der Waals surface area contributed by atoms with Crippen molar-refractivity contribution in [2.75, 3.05) is 25.1 Å². The summed E-state index contributed by atoms with van der Waals surface area (Å²) >= 11 is 6.18. The topological polar surface area (TPSA) is 49.9 Å². The smallest absolute Gasteiger partial charge is 0.282 e. The van der Waals surface area contributed by atoms with Crippen LogP contribution in [0, 0.1) is 6.92 Å². The van der Waals surface area contributed by atoms with Crippen LogP contribution in [-0.4, -0.2) is 36.9 Å². The lowest BCUT2D eigenvalue weighted by Crippen LogP contribution is -2.37. The Kier molecular flexibility index (Phi) is 5.33. The van der Waals surface area contributed by atoms with Gasteiger partial charge < -0.3 is 9.64 Å². The van der Waals surface area contributed by atoms with Gasteiger partial charge in [-0.3, -0.25) is 9.59 Å². The van der Waals surface area contributed by atoms with Gasteiger partial charge in [0.2, 0.25) is 0 Å². The number of ether oxygens (including phenoxy) is 1. The molecule has 6 heteroatoms. The number of imide groups is 1. The number of para-hydroxylation sites is 1. The third kappa shape index (κ3) is 3.40. The number of nitrogens with zero attached hydrogens (tertiary/aromatic N) is 2. The molecular formula is C23H23ClN2O3. The minimum atomic E-state index is -0.342. The SMILES string of the molecule is COc1ccccc1C1=C(N2CCCCC2)C(=O)N(c2cc(Cl)ccc2C)C1=O. The molecule has 29 heavy (non-hydrogen) atoms. The number of methoxy groups -OCH3 is 1. The number of hydrogen-bond acceptors (Lipinski definition) is 4. The van der Waals surface area contributed by atoms with E-state index in [-0.39, 0.29) is 11.8 Å². The molecule has 0 atom stereocenters. The summed E-state index contributed by atoms with van der Waals surface area (Å²) in [6.07, 6.45) is 3.13. The van der Waals surface area contributed by atoms with E-state index >= 15 is 0 Å². The normalized spacial score (nSPS) is 17.3. The minimum absolute atomic E-state index is 0.303. The molecule has 0 saturated carbocycles. The van der Waals surface area contributed by atoms with Crippen LogP contribution in [0.3, 0.4) is 0 Å². The third-order valence-electron chi connectivity index (χ3n) is 5.52.